The molecule has 2 heterocycles. The van der Waals surface area contributed by atoms with Crippen molar-refractivity contribution in [1.29, 1.82) is 0 Å². The van der Waals surface area contributed by atoms with Gasteiger partial charge < -0.3 is 10.2 Å². The van der Waals surface area contributed by atoms with Crippen molar-refractivity contribution in [3.8, 4) is 5.69 Å². The van der Waals surface area contributed by atoms with Crippen LogP contribution < -0.4 is 5.32 Å². The van der Waals surface area contributed by atoms with Crippen LogP contribution in [0.15, 0.2) is 60.8 Å². The van der Waals surface area contributed by atoms with E-state index in [4.69, 9.17) is 0 Å². The molecule has 0 saturated carbocycles. The van der Waals surface area contributed by atoms with Crippen LogP contribution in [0.5, 0.6) is 0 Å². The van der Waals surface area contributed by atoms with Crippen molar-refractivity contribution >= 4 is 11.6 Å². The normalized spacial score (nSPS) is 14.0. The highest BCUT2D eigenvalue weighted by molar-refractivity contribution is 5.78. The van der Waals surface area contributed by atoms with E-state index in [9.17, 15) is 4.79 Å². The van der Waals surface area contributed by atoms with Crippen LogP contribution in [-0.4, -0.2) is 32.3 Å². The summed E-state index contributed by atoms with van der Waals surface area (Å²) in [5, 5.41) is 12.2. The van der Waals surface area contributed by atoms with E-state index in [0.717, 1.165) is 35.6 Å². The SMILES string of the molecule is O=C1CCCN1Cc1ccc(NCc2cnn(-c3ccccc3)n2)cc1. The smallest absolute Gasteiger partial charge is 0.222 e. The van der Waals surface area contributed by atoms with E-state index in [-0.39, 0.29) is 5.91 Å². The van der Waals surface area contributed by atoms with E-state index in [1.165, 1.54) is 0 Å². The van der Waals surface area contributed by atoms with Crippen molar-refractivity contribution in [2.24, 2.45) is 0 Å². The van der Waals surface area contributed by atoms with Crippen LogP contribution in [0.2, 0.25) is 0 Å². The third kappa shape index (κ3) is 3.74. The van der Waals surface area contributed by atoms with Gasteiger partial charge in [0, 0.05) is 25.2 Å². The van der Waals surface area contributed by atoms with Gasteiger partial charge in [-0.1, -0.05) is 30.3 Å². The summed E-state index contributed by atoms with van der Waals surface area (Å²) < 4.78 is 0. The Hall–Kier alpha value is -3.15. The molecule has 6 nitrogen and oxygen atoms in total. The number of nitrogens with one attached hydrogen (secondary N) is 1. The largest absolute Gasteiger partial charge is 0.379 e. The van der Waals surface area contributed by atoms with Crippen LogP contribution in [0, 0.1) is 0 Å². The van der Waals surface area contributed by atoms with Crippen LogP contribution in [0.25, 0.3) is 5.69 Å². The Bertz CT molecular complexity index is 873. The molecule has 1 aliphatic rings. The van der Waals surface area contributed by atoms with E-state index >= 15 is 0 Å². The number of likely N-dealkylation sites (tertiary alicyclic amines) is 1. The number of aromatic nitrogens is 3. The molecule has 0 bridgehead atoms. The topological polar surface area (TPSA) is 63.1 Å². The summed E-state index contributed by atoms with van der Waals surface area (Å²) >= 11 is 0. The Morgan fingerprint density at radius 3 is 2.58 bits per heavy atom. The van der Waals surface area contributed by atoms with Gasteiger partial charge in [0.15, 0.2) is 0 Å². The fourth-order valence-electron chi connectivity index (χ4n) is 3.07. The summed E-state index contributed by atoms with van der Waals surface area (Å²) in [6.07, 6.45) is 3.43. The fourth-order valence-corrected chi connectivity index (χ4v) is 3.07. The molecule has 0 atom stereocenters. The Kier molecular flexibility index (Phi) is 4.64. The van der Waals surface area contributed by atoms with Crippen molar-refractivity contribution in [3.63, 3.8) is 0 Å². The van der Waals surface area contributed by atoms with E-state index in [2.05, 4.69) is 27.6 Å². The molecule has 4 rings (SSSR count). The number of carbonyl (C=O) groups is 1. The first-order valence-corrected chi connectivity index (χ1v) is 8.85. The van der Waals surface area contributed by atoms with Gasteiger partial charge in [0.2, 0.25) is 5.91 Å². The Morgan fingerprint density at radius 2 is 1.85 bits per heavy atom. The van der Waals surface area contributed by atoms with Gasteiger partial charge in [0.25, 0.3) is 0 Å². The third-order valence-corrected chi connectivity index (χ3v) is 4.50. The summed E-state index contributed by atoms with van der Waals surface area (Å²) in [5.74, 6) is 0.258. The zero-order valence-electron chi connectivity index (χ0n) is 14.5. The minimum atomic E-state index is 0.258. The molecule has 0 unspecified atom stereocenters. The van der Waals surface area contributed by atoms with E-state index < -0.39 is 0 Å². The molecule has 3 aromatic rings. The number of nitrogens with zero attached hydrogens (tertiary/aromatic N) is 4. The number of hydrogen-bond donors (Lipinski definition) is 1. The first kappa shape index (κ1) is 16.3. The molecule has 1 fully saturated rings. The molecule has 6 heteroatoms. The lowest BCUT2D eigenvalue weighted by Gasteiger charge is -2.15. The molecular weight excluding hydrogens is 326 g/mol. The molecule has 0 radical (unpaired) electrons. The Labute approximate surface area is 152 Å². The van der Waals surface area contributed by atoms with Crippen LogP contribution >= 0.6 is 0 Å². The number of carbonyl (C=O) groups excluding carboxylic acids is 1. The second-order valence-corrected chi connectivity index (χ2v) is 6.43. The second kappa shape index (κ2) is 7.39. The summed E-state index contributed by atoms with van der Waals surface area (Å²) in [5.41, 5.74) is 4.00. The monoisotopic (exact) mass is 347 g/mol. The van der Waals surface area contributed by atoms with Gasteiger partial charge in [-0.05, 0) is 36.2 Å². The molecule has 132 valence electrons. The third-order valence-electron chi connectivity index (χ3n) is 4.50. The number of rotatable bonds is 6. The van der Waals surface area contributed by atoms with Crippen LogP contribution in [-0.2, 0) is 17.9 Å². The molecule has 26 heavy (non-hydrogen) atoms. The molecule has 1 aromatic heterocycles. The standard InChI is InChI=1S/C20H21N5O/c26-20-7-4-12-24(20)15-16-8-10-17(11-9-16)21-13-18-14-22-25(23-18)19-5-2-1-3-6-19/h1-3,5-6,8-11,14,21H,4,7,12-13,15H2. The van der Waals surface area contributed by atoms with Crippen molar-refractivity contribution in [3.05, 3.63) is 72.1 Å². The molecule has 1 saturated heterocycles. The maximum atomic E-state index is 11.7. The Morgan fingerprint density at radius 1 is 1.04 bits per heavy atom. The van der Waals surface area contributed by atoms with Gasteiger partial charge >= 0.3 is 0 Å². The maximum absolute atomic E-state index is 11.7. The molecule has 0 aliphatic carbocycles. The molecule has 1 amide bonds. The van der Waals surface area contributed by atoms with E-state index in [1.54, 1.807) is 11.0 Å². The number of hydrogen-bond acceptors (Lipinski definition) is 4. The van der Waals surface area contributed by atoms with Crippen molar-refractivity contribution in [2.45, 2.75) is 25.9 Å². The lowest BCUT2D eigenvalue weighted by molar-refractivity contribution is -0.128. The number of benzene rings is 2. The quantitative estimate of drug-likeness (QED) is 0.744. The van der Waals surface area contributed by atoms with Crippen LogP contribution in [0.1, 0.15) is 24.1 Å². The minimum absolute atomic E-state index is 0.258. The van der Waals surface area contributed by atoms with E-state index in [0.29, 0.717) is 19.5 Å². The van der Waals surface area contributed by atoms with Gasteiger partial charge in [0.1, 0.15) is 5.69 Å². The van der Waals surface area contributed by atoms with Gasteiger partial charge in [-0.15, -0.1) is 0 Å². The molecular formula is C20H21N5O. The van der Waals surface area contributed by atoms with Crippen molar-refractivity contribution in [1.82, 2.24) is 19.9 Å². The second-order valence-electron chi connectivity index (χ2n) is 6.43. The zero-order valence-corrected chi connectivity index (χ0v) is 14.5. The van der Waals surface area contributed by atoms with Crippen molar-refractivity contribution < 1.29 is 4.79 Å². The fraction of sp³-hybridized carbons (Fsp3) is 0.250. The highest BCUT2D eigenvalue weighted by atomic mass is 16.2. The number of anilines is 1. The van der Waals surface area contributed by atoms with Crippen LogP contribution in [0.3, 0.4) is 0 Å². The Balaban J connectivity index is 1.33. The predicted molar refractivity (Wildman–Crippen MR) is 99.8 cm³/mol. The minimum Gasteiger partial charge on any atom is -0.379 e. The van der Waals surface area contributed by atoms with E-state index in [1.807, 2.05) is 47.4 Å². The summed E-state index contributed by atoms with van der Waals surface area (Å²) in [6, 6.07) is 18.1. The summed E-state index contributed by atoms with van der Waals surface area (Å²) in [4.78, 5) is 15.3. The summed E-state index contributed by atoms with van der Waals surface area (Å²) in [6.45, 7) is 2.18. The average molecular weight is 347 g/mol. The van der Waals surface area contributed by atoms with Gasteiger partial charge in [-0.3, -0.25) is 4.79 Å². The number of amides is 1. The predicted octanol–water partition coefficient (Wildman–Crippen LogP) is 3.00. The van der Waals surface area contributed by atoms with Crippen molar-refractivity contribution in [2.75, 3.05) is 11.9 Å². The summed E-state index contributed by atoms with van der Waals surface area (Å²) in [7, 11) is 0. The first-order chi connectivity index (χ1) is 12.8. The highest BCUT2D eigenvalue weighted by Gasteiger charge is 2.19. The molecule has 2 aromatic carbocycles. The first-order valence-electron chi connectivity index (χ1n) is 8.85. The molecule has 1 aliphatic heterocycles. The highest BCUT2D eigenvalue weighted by Crippen LogP contribution is 2.16. The maximum Gasteiger partial charge on any atom is 0.222 e. The van der Waals surface area contributed by atoms with Crippen LogP contribution in [0.4, 0.5) is 5.69 Å². The zero-order chi connectivity index (χ0) is 17.8. The molecule has 1 N–H and O–H groups in total. The lowest BCUT2D eigenvalue weighted by Crippen LogP contribution is -2.23. The number of para-hydroxylation sites is 1. The average Bonchev–Trinajstić information content (AvgIpc) is 3.31. The van der Waals surface area contributed by atoms with Gasteiger partial charge in [-0.2, -0.15) is 15.0 Å². The van der Waals surface area contributed by atoms with Gasteiger partial charge in [-0.25, -0.2) is 0 Å². The lowest BCUT2D eigenvalue weighted by atomic mass is 10.2. The molecule has 0 spiro atoms. The van der Waals surface area contributed by atoms with Gasteiger partial charge in [0.05, 0.1) is 18.4 Å².